The Morgan fingerprint density at radius 1 is 0.962 bits per heavy atom. The van der Waals surface area contributed by atoms with Gasteiger partial charge in [-0.15, -0.1) is 0 Å². The number of phenols is 1. The summed E-state index contributed by atoms with van der Waals surface area (Å²) < 4.78 is 0. The summed E-state index contributed by atoms with van der Waals surface area (Å²) in [5.41, 5.74) is 2.84. The van der Waals surface area contributed by atoms with Crippen molar-refractivity contribution in [3.63, 3.8) is 0 Å². The van der Waals surface area contributed by atoms with Crippen LogP contribution in [0.1, 0.15) is 44.6 Å². The van der Waals surface area contributed by atoms with Gasteiger partial charge in [-0.3, -0.25) is 0 Å². The predicted molar refractivity (Wildman–Crippen MR) is 110 cm³/mol. The van der Waals surface area contributed by atoms with Crippen LogP contribution < -0.4 is 5.32 Å². The van der Waals surface area contributed by atoms with E-state index in [-0.39, 0.29) is 11.0 Å². The van der Waals surface area contributed by atoms with Crippen LogP contribution in [0.25, 0.3) is 0 Å². The first-order valence-corrected chi connectivity index (χ1v) is 9.68. The third-order valence-corrected chi connectivity index (χ3v) is 6.03. The zero-order chi connectivity index (χ0) is 18.6. The number of phenolic OH excluding ortho intramolecular Hbond substituents is 1. The lowest BCUT2D eigenvalue weighted by Gasteiger charge is -2.46. The van der Waals surface area contributed by atoms with Crippen LogP contribution in [-0.2, 0) is 5.41 Å². The van der Waals surface area contributed by atoms with Gasteiger partial charge in [-0.1, -0.05) is 36.4 Å². The van der Waals surface area contributed by atoms with Gasteiger partial charge >= 0.3 is 0 Å². The smallest absolute Gasteiger partial charge is 0.117 e. The lowest BCUT2D eigenvalue weighted by atomic mass is 9.63. The first kappa shape index (κ1) is 18.8. The summed E-state index contributed by atoms with van der Waals surface area (Å²) >= 11 is 0. The van der Waals surface area contributed by atoms with Gasteiger partial charge in [0.05, 0.1) is 0 Å². The summed E-state index contributed by atoms with van der Waals surface area (Å²) in [6, 6.07) is 18.5. The quantitative estimate of drug-likeness (QED) is 0.766. The lowest BCUT2D eigenvalue weighted by molar-refractivity contribution is 0.197. The molecule has 3 nitrogen and oxygen atoms in total. The Kier molecular flexibility index (Phi) is 5.57. The summed E-state index contributed by atoms with van der Waals surface area (Å²) in [4.78, 5) is 2.30. The standard InChI is InChI=1S/C23H32N2O/c1-22(24-20-10-7-11-21(26)18-20)12-14-23(15-13-22,16-17-25(2)3)19-8-5-4-6-9-19/h4-11,18,24,26H,12-17H2,1-3H3. The molecule has 1 fully saturated rings. The summed E-state index contributed by atoms with van der Waals surface area (Å²) in [6.45, 7) is 3.43. The fraction of sp³-hybridized carbons (Fsp3) is 0.478. The molecular formula is C23H32N2O. The molecule has 1 saturated carbocycles. The van der Waals surface area contributed by atoms with Crippen LogP contribution in [0, 0.1) is 0 Å². The van der Waals surface area contributed by atoms with E-state index in [1.165, 1.54) is 24.8 Å². The minimum absolute atomic E-state index is 0.0736. The van der Waals surface area contributed by atoms with Gasteiger partial charge in [0.15, 0.2) is 0 Å². The number of nitrogens with zero attached hydrogens (tertiary/aromatic N) is 1. The van der Waals surface area contributed by atoms with E-state index in [9.17, 15) is 5.11 Å². The summed E-state index contributed by atoms with van der Waals surface area (Å²) in [5, 5.41) is 13.4. The van der Waals surface area contributed by atoms with Gasteiger partial charge < -0.3 is 15.3 Å². The topological polar surface area (TPSA) is 35.5 Å². The van der Waals surface area contributed by atoms with Crippen molar-refractivity contribution in [1.82, 2.24) is 4.90 Å². The van der Waals surface area contributed by atoms with Crippen LogP contribution in [-0.4, -0.2) is 36.2 Å². The largest absolute Gasteiger partial charge is 0.508 e. The Hall–Kier alpha value is -2.00. The number of benzene rings is 2. The molecule has 0 saturated heterocycles. The van der Waals surface area contributed by atoms with Crippen LogP contribution >= 0.6 is 0 Å². The van der Waals surface area contributed by atoms with Crippen molar-refractivity contribution in [3.05, 3.63) is 60.2 Å². The Morgan fingerprint density at radius 2 is 1.65 bits per heavy atom. The zero-order valence-corrected chi connectivity index (χ0v) is 16.3. The van der Waals surface area contributed by atoms with Gasteiger partial charge in [-0.2, -0.15) is 0 Å². The number of hydrogen-bond donors (Lipinski definition) is 2. The van der Waals surface area contributed by atoms with Crippen LogP contribution in [0.3, 0.4) is 0 Å². The molecule has 140 valence electrons. The van der Waals surface area contributed by atoms with E-state index in [0.29, 0.717) is 5.75 Å². The number of rotatable bonds is 6. The van der Waals surface area contributed by atoms with Crippen molar-refractivity contribution in [3.8, 4) is 5.75 Å². The molecule has 3 heteroatoms. The van der Waals surface area contributed by atoms with Gasteiger partial charge in [-0.05, 0) is 82.8 Å². The molecule has 0 atom stereocenters. The maximum atomic E-state index is 9.74. The SMILES string of the molecule is CN(C)CCC1(c2ccccc2)CCC(C)(Nc2cccc(O)c2)CC1. The van der Waals surface area contributed by atoms with Gasteiger partial charge in [-0.25, -0.2) is 0 Å². The molecule has 0 amide bonds. The molecule has 0 spiro atoms. The Morgan fingerprint density at radius 3 is 2.27 bits per heavy atom. The summed E-state index contributed by atoms with van der Waals surface area (Å²) in [7, 11) is 4.32. The normalized spacial score (nSPS) is 26.0. The van der Waals surface area contributed by atoms with Crippen LogP contribution in [0.5, 0.6) is 5.75 Å². The first-order valence-electron chi connectivity index (χ1n) is 9.68. The van der Waals surface area contributed by atoms with Gasteiger partial charge in [0.25, 0.3) is 0 Å². The molecule has 0 unspecified atom stereocenters. The van der Waals surface area contributed by atoms with Crippen molar-refractivity contribution in [1.29, 1.82) is 0 Å². The van der Waals surface area contributed by atoms with E-state index in [2.05, 4.69) is 61.6 Å². The highest BCUT2D eigenvalue weighted by molar-refractivity contribution is 5.49. The molecule has 0 bridgehead atoms. The van der Waals surface area contributed by atoms with Crippen molar-refractivity contribution >= 4 is 5.69 Å². The second-order valence-corrected chi connectivity index (χ2v) is 8.44. The lowest BCUT2D eigenvalue weighted by Crippen LogP contribution is -2.45. The molecule has 3 rings (SSSR count). The number of nitrogens with one attached hydrogen (secondary N) is 1. The van der Waals surface area contributed by atoms with E-state index in [4.69, 9.17) is 0 Å². The molecule has 0 radical (unpaired) electrons. The average molecular weight is 353 g/mol. The van der Waals surface area contributed by atoms with E-state index < -0.39 is 0 Å². The first-order chi connectivity index (χ1) is 12.4. The fourth-order valence-electron chi connectivity index (χ4n) is 4.25. The molecule has 1 aliphatic rings. The maximum absolute atomic E-state index is 9.74. The van der Waals surface area contributed by atoms with Crippen LogP contribution in [0.15, 0.2) is 54.6 Å². The fourth-order valence-corrected chi connectivity index (χ4v) is 4.25. The number of anilines is 1. The minimum atomic E-state index is 0.0736. The molecule has 2 aromatic rings. The number of aromatic hydroxyl groups is 1. The van der Waals surface area contributed by atoms with Gasteiger partial charge in [0.1, 0.15) is 5.75 Å². The highest BCUT2D eigenvalue weighted by Crippen LogP contribution is 2.46. The van der Waals surface area contributed by atoms with Crippen molar-refractivity contribution in [2.24, 2.45) is 0 Å². The van der Waals surface area contributed by atoms with Gasteiger partial charge in [0, 0.05) is 17.3 Å². The van der Waals surface area contributed by atoms with Crippen molar-refractivity contribution in [2.75, 3.05) is 26.0 Å². The number of hydrogen-bond acceptors (Lipinski definition) is 3. The molecule has 2 N–H and O–H groups in total. The second kappa shape index (κ2) is 7.71. The minimum Gasteiger partial charge on any atom is -0.508 e. The third-order valence-electron chi connectivity index (χ3n) is 6.03. The third kappa shape index (κ3) is 4.39. The monoisotopic (exact) mass is 352 g/mol. The molecule has 0 heterocycles. The molecule has 1 aliphatic carbocycles. The van der Waals surface area contributed by atoms with Crippen molar-refractivity contribution < 1.29 is 5.11 Å². The molecule has 0 aromatic heterocycles. The Balaban J connectivity index is 1.75. The Bertz CT molecular complexity index is 703. The van der Waals surface area contributed by atoms with Gasteiger partial charge in [0.2, 0.25) is 0 Å². The molecular weight excluding hydrogens is 320 g/mol. The summed E-state index contributed by atoms with van der Waals surface area (Å²) in [6.07, 6.45) is 5.84. The van der Waals surface area contributed by atoms with E-state index in [0.717, 1.165) is 25.1 Å². The zero-order valence-electron chi connectivity index (χ0n) is 16.3. The van der Waals surface area contributed by atoms with Crippen LogP contribution in [0.2, 0.25) is 0 Å². The van der Waals surface area contributed by atoms with Crippen molar-refractivity contribution in [2.45, 2.75) is 50.0 Å². The second-order valence-electron chi connectivity index (χ2n) is 8.44. The van der Waals surface area contributed by atoms with Crippen LogP contribution in [0.4, 0.5) is 5.69 Å². The molecule has 0 aliphatic heterocycles. The molecule has 2 aromatic carbocycles. The van der Waals surface area contributed by atoms with E-state index in [1.807, 2.05) is 18.2 Å². The highest BCUT2D eigenvalue weighted by atomic mass is 16.3. The van der Waals surface area contributed by atoms with E-state index >= 15 is 0 Å². The summed E-state index contributed by atoms with van der Waals surface area (Å²) in [5.74, 6) is 0.319. The predicted octanol–water partition coefficient (Wildman–Crippen LogP) is 5.03. The molecule has 26 heavy (non-hydrogen) atoms. The average Bonchev–Trinajstić information content (AvgIpc) is 2.62. The highest BCUT2D eigenvalue weighted by Gasteiger charge is 2.41. The maximum Gasteiger partial charge on any atom is 0.117 e. The Labute approximate surface area is 158 Å². The van der Waals surface area contributed by atoms with E-state index in [1.54, 1.807) is 6.07 Å².